The van der Waals surface area contributed by atoms with Crippen molar-refractivity contribution in [2.24, 2.45) is 5.73 Å². The van der Waals surface area contributed by atoms with Crippen molar-refractivity contribution in [3.63, 3.8) is 0 Å². The molecule has 0 spiro atoms. The fourth-order valence-electron chi connectivity index (χ4n) is 2.43. The Balaban J connectivity index is 1.66. The molecular formula is C17H25N3O3. The van der Waals surface area contributed by atoms with Gasteiger partial charge in [-0.05, 0) is 51.3 Å². The highest BCUT2D eigenvalue weighted by molar-refractivity contribution is 5.92. The first-order valence-electron chi connectivity index (χ1n) is 7.84. The van der Waals surface area contributed by atoms with Crippen LogP contribution in [0.15, 0.2) is 24.3 Å². The number of amides is 2. The van der Waals surface area contributed by atoms with Crippen molar-refractivity contribution in [3.8, 4) is 0 Å². The van der Waals surface area contributed by atoms with Gasteiger partial charge in [0, 0.05) is 24.2 Å². The summed E-state index contributed by atoms with van der Waals surface area (Å²) in [6.07, 6.45) is 1.42. The number of ether oxygens (including phenoxy) is 1. The molecule has 0 atom stereocenters. The van der Waals surface area contributed by atoms with Crippen molar-refractivity contribution in [2.45, 2.75) is 57.8 Å². The molecule has 0 aromatic heterocycles. The molecule has 1 aromatic rings. The number of primary amides is 1. The zero-order valence-electron chi connectivity index (χ0n) is 13.9. The zero-order chi connectivity index (χ0) is 17.0. The minimum absolute atomic E-state index is 0.166. The maximum absolute atomic E-state index is 11.6. The van der Waals surface area contributed by atoms with Crippen LogP contribution < -0.4 is 16.4 Å². The first kappa shape index (κ1) is 17.3. The smallest absolute Gasteiger partial charge is 0.407 e. The standard InChI is InChI=1S/C17H25N3O3/c1-17(2,3)23-16(22)20-14-8-13(9-14)19-10-11-4-6-12(7-5-11)15(18)21/h4-7,13-14,19H,8-10H2,1-3H3,(H2,18,21)(H,20,22). The predicted molar refractivity (Wildman–Crippen MR) is 88.0 cm³/mol. The van der Waals surface area contributed by atoms with E-state index in [1.165, 1.54) is 0 Å². The van der Waals surface area contributed by atoms with E-state index in [1.807, 2.05) is 32.9 Å². The molecule has 0 saturated heterocycles. The maximum atomic E-state index is 11.6. The Hall–Kier alpha value is -2.08. The maximum Gasteiger partial charge on any atom is 0.407 e. The molecule has 23 heavy (non-hydrogen) atoms. The van der Waals surface area contributed by atoms with Crippen LogP contribution in [-0.2, 0) is 11.3 Å². The summed E-state index contributed by atoms with van der Waals surface area (Å²) in [7, 11) is 0. The Kier molecular flexibility index (Phi) is 5.26. The van der Waals surface area contributed by atoms with Gasteiger partial charge in [-0.3, -0.25) is 4.79 Å². The van der Waals surface area contributed by atoms with E-state index in [0.29, 0.717) is 11.6 Å². The lowest BCUT2D eigenvalue weighted by Crippen LogP contribution is -2.52. The van der Waals surface area contributed by atoms with Crippen LogP contribution in [0.25, 0.3) is 0 Å². The minimum atomic E-state index is -0.470. The molecule has 2 rings (SSSR count). The second-order valence-electron chi connectivity index (χ2n) is 6.95. The summed E-state index contributed by atoms with van der Waals surface area (Å²) >= 11 is 0. The highest BCUT2D eigenvalue weighted by Crippen LogP contribution is 2.21. The van der Waals surface area contributed by atoms with Crippen LogP contribution in [0.3, 0.4) is 0 Å². The molecule has 1 fully saturated rings. The molecule has 0 aliphatic heterocycles. The number of hydrogen-bond acceptors (Lipinski definition) is 4. The van der Waals surface area contributed by atoms with Gasteiger partial charge in [-0.25, -0.2) is 4.79 Å². The molecule has 0 bridgehead atoms. The van der Waals surface area contributed by atoms with Crippen molar-refractivity contribution >= 4 is 12.0 Å². The fourth-order valence-corrected chi connectivity index (χ4v) is 2.43. The quantitative estimate of drug-likeness (QED) is 0.773. The second-order valence-corrected chi connectivity index (χ2v) is 6.95. The summed E-state index contributed by atoms with van der Waals surface area (Å²) in [5.41, 5.74) is 6.35. The predicted octanol–water partition coefficient (Wildman–Crippen LogP) is 1.93. The van der Waals surface area contributed by atoms with E-state index in [0.717, 1.165) is 24.9 Å². The molecule has 6 heteroatoms. The molecule has 1 saturated carbocycles. The van der Waals surface area contributed by atoms with Gasteiger partial charge in [0.15, 0.2) is 0 Å². The molecule has 0 radical (unpaired) electrons. The number of nitrogens with one attached hydrogen (secondary N) is 2. The third-order valence-corrected chi connectivity index (χ3v) is 3.69. The van der Waals surface area contributed by atoms with E-state index in [9.17, 15) is 9.59 Å². The summed E-state index contributed by atoms with van der Waals surface area (Å²) in [5.74, 6) is -0.417. The highest BCUT2D eigenvalue weighted by Gasteiger charge is 2.31. The number of rotatable bonds is 5. The van der Waals surface area contributed by atoms with Gasteiger partial charge in [0.1, 0.15) is 5.60 Å². The van der Waals surface area contributed by atoms with Crippen LogP contribution >= 0.6 is 0 Å². The van der Waals surface area contributed by atoms with Crippen LogP contribution in [0.1, 0.15) is 49.5 Å². The molecule has 1 aliphatic rings. The molecule has 126 valence electrons. The molecule has 4 N–H and O–H groups in total. The van der Waals surface area contributed by atoms with Gasteiger partial charge in [0.25, 0.3) is 0 Å². The number of hydrogen-bond donors (Lipinski definition) is 3. The second kappa shape index (κ2) is 7.00. The molecule has 0 heterocycles. The third kappa shape index (κ3) is 5.56. The van der Waals surface area contributed by atoms with Crippen LogP contribution in [0, 0.1) is 0 Å². The lowest BCUT2D eigenvalue weighted by molar-refractivity contribution is 0.0465. The lowest BCUT2D eigenvalue weighted by atomic mass is 9.86. The summed E-state index contributed by atoms with van der Waals surface area (Å²) in [6.45, 7) is 6.27. The van der Waals surface area contributed by atoms with E-state index in [2.05, 4.69) is 10.6 Å². The number of nitrogens with two attached hydrogens (primary N) is 1. The Morgan fingerprint density at radius 1 is 1.17 bits per heavy atom. The SMILES string of the molecule is CC(C)(C)OC(=O)NC1CC(NCc2ccc(C(N)=O)cc2)C1. The van der Waals surface area contributed by atoms with Crippen LogP contribution in [0.2, 0.25) is 0 Å². The Morgan fingerprint density at radius 3 is 2.30 bits per heavy atom. The molecule has 0 unspecified atom stereocenters. The van der Waals surface area contributed by atoms with E-state index >= 15 is 0 Å². The van der Waals surface area contributed by atoms with E-state index in [4.69, 9.17) is 10.5 Å². The van der Waals surface area contributed by atoms with Crippen molar-refractivity contribution in [1.29, 1.82) is 0 Å². The summed E-state index contributed by atoms with van der Waals surface area (Å²) in [6, 6.07) is 7.79. The van der Waals surface area contributed by atoms with Gasteiger partial charge >= 0.3 is 6.09 Å². The van der Waals surface area contributed by atoms with Gasteiger partial charge in [0.05, 0.1) is 0 Å². The molecule has 1 aliphatic carbocycles. The highest BCUT2D eigenvalue weighted by atomic mass is 16.6. The lowest BCUT2D eigenvalue weighted by Gasteiger charge is -2.36. The summed E-state index contributed by atoms with van der Waals surface area (Å²) in [5, 5.41) is 6.30. The van der Waals surface area contributed by atoms with Crippen molar-refractivity contribution in [3.05, 3.63) is 35.4 Å². The average Bonchev–Trinajstić information content (AvgIpc) is 2.39. The van der Waals surface area contributed by atoms with Gasteiger partial charge in [-0.1, -0.05) is 12.1 Å². The van der Waals surface area contributed by atoms with E-state index < -0.39 is 11.5 Å². The molecule has 6 nitrogen and oxygen atoms in total. The van der Waals surface area contributed by atoms with Crippen LogP contribution in [-0.4, -0.2) is 29.7 Å². The number of benzene rings is 1. The van der Waals surface area contributed by atoms with Crippen molar-refractivity contribution < 1.29 is 14.3 Å². The number of alkyl carbamates (subject to hydrolysis) is 1. The monoisotopic (exact) mass is 319 g/mol. The normalized spacial score (nSPS) is 20.5. The molecule has 1 aromatic carbocycles. The first-order chi connectivity index (χ1) is 10.7. The van der Waals surface area contributed by atoms with E-state index in [-0.39, 0.29) is 12.1 Å². The topological polar surface area (TPSA) is 93.4 Å². The Labute approximate surface area is 136 Å². The largest absolute Gasteiger partial charge is 0.444 e. The molecule has 2 amide bonds. The van der Waals surface area contributed by atoms with Crippen LogP contribution in [0.4, 0.5) is 4.79 Å². The van der Waals surface area contributed by atoms with Crippen molar-refractivity contribution in [1.82, 2.24) is 10.6 Å². The van der Waals surface area contributed by atoms with Crippen LogP contribution in [0.5, 0.6) is 0 Å². The summed E-state index contributed by atoms with van der Waals surface area (Å²) in [4.78, 5) is 22.6. The minimum Gasteiger partial charge on any atom is -0.444 e. The fraction of sp³-hybridized carbons (Fsp3) is 0.529. The Bertz CT molecular complexity index is 557. The average molecular weight is 319 g/mol. The Morgan fingerprint density at radius 2 is 1.78 bits per heavy atom. The van der Waals surface area contributed by atoms with Gasteiger partial charge in [-0.15, -0.1) is 0 Å². The summed E-state index contributed by atoms with van der Waals surface area (Å²) < 4.78 is 5.23. The third-order valence-electron chi connectivity index (χ3n) is 3.69. The number of carbonyl (C=O) groups is 2. The van der Waals surface area contributed by atoms with Gasteiger partial charge in [0.2, 0.25) is 5.91 Å². The first-order valence-corrected chi connectivity index (χ1v) is 7.84. The van der Waals surface area contributed by atoms with Crippen molar-refractivity contribution in [2.75, 3.05) is 0 Å². The van der Waals surface area contributed by atoms with Gasteiger partial charge in [-0.2, -0.15) is 0 Å². The van der Waals surface area contributed by atoms with E-state index in [1.54, 1.807) is 12.1 Å². The number of carbonyl (C=O) groups excluding carboxylic acids is 2. The van der Waals surface area contributed by atoms with Gasteiger partial charge < -0.3 is 21.1 Å². The molecular weight excluding hydrogens is 294 g/mol. The zero-order valence-corrected chi connectivity index (χ0v) is 13.9.